The third-order valence-corrected chi connectivity index (χ3v) is 3.35. The maximum absolute atomic E-state index is 14.2. The Kier molecular flexibility index (Phi) is 3.03. The molecule has 0 aliphatic carbocycles. The number of halogens is 1. The van der Waals surface area contributed by atoms with Gasteiger partial charge >= 0.3 is 5.69 Å². The summed E-state index contributed by atoms with van der Waals surface area (Å²) in [6, 6.07) is 7.80. The van der Waals surface area contributed by atoms with Crippen molar-refractivity contribution in [1.82, 2.24) is 9.97 Å². The molecular weight excluding hydrogens is 289 g/mol. The van der Waals surface area contributed by atoms with Crippen molar-refractivity contribution in [3.05, 3.63) is 63.2 Å². The van der Waals surface area contributed by atoms with E-state index >= 15 is 0 Å². The summed E-state index contributed by atoms with van der Waals surface area (Å²) >= 11 is 0. The predicted octanol–water partition coefficient (Wildman–Crippen LogP) is 0.709. The van der Waals surface area contributed by atoms with E-state index in [9.17, 15) is 14.4 Å². The summed E-state index contributed by atoms with van der Waals surface area (Å²) in [6.45, 7) is 0. The van der Waals surface area contributed by atoms with Gasteiger partial charge in [0.15, 0.2) is 0 Å². The molecule has 2 aromatic rings. The van der Waals surface area contributed by atoms with E-state index in [1.165, 1.54) is 18.2 Å². The number of benzene rings is 1. The van der Waals surface area contributed by atoms with Crippen LogP contribution in [0.2, 0.25) is 0 Å². The van der Waals surface area contributed by atoms with E-state index in [0.29, 0.717) is 0 Å². The topological polar surface area (TPSA) is 131 Å². The smallest absolute Gasteiger partial charge is 0.349 e. The summed E-state index contributed by atoms with van der Waals surface area (Å²) in [6.07, 6.45) is 0. The number of hydrogen-bond donors (Lipinski definition) is 3. The first-order valence-corrected chi connectivity index (χ1v) is 6.24. The van der Waals surface area contributed by atoms with Crippen LogP contribution in [0, 0.1) is 17.1 Å². The first-order valence-electron chi connectivity index (χ1n) is 6.24. The Bertz CT molecular complexity index is 897. The normalized spacial score (nSPS) is 16.6. The Balaban J connectivity index is 2.35. The number of aromatic nitrogens is 2. The van der Waals surface area contributed by atoms with Crippen molar-refractivity contribution in [1.29, 1.82) is 5.26 Å². The van der Waals surface area contributed by atoms with Gasteiger partial charge in [0.05, 0.1) is 11.5 Å². The van der Waals surface area contributed by atoms with Crippen LogP contribution in [-0.4, -0.2) is 9.97 Å². The van der Waals surface area contributed by atoms with Gasteiger partial charge in [0.2, 0.25) is 11.8 Å². The molecular formula is C14H10FN5O2. The van der Waals surface area contributed by atoms with Gasteiger partial charge in [-0.25, -0.2) is 9.18 Å². The first-order chi connectivity index (χ1) is 10.5. The van der Waals surface area contributed by atoms with E-state index in [4.69, 9.17) is 16.2 Å². The number of allylic oxidation sites excluding steroid dienone is 1. The molecule has 0 radical (unpaired) electrons. The van der Waals surface area contributed by atoms with Crippen LogP contribution >= 0.6 is 0 Å². The van der Waals surface area contributed by atoms with Crippen molar-refractivity contribution in [2.24, 2.45) is 5.73 Å². The number of rotatable bonds is 1. The Morgan fingerprint density at radius 3 is 2.77 bits per heavy atom. The number of anilines is 1. The third-order valence-electron chi connectivity index (χ3n) is 3.35. The molecule has 1 aliphatic heterocycles. The lowest BCUT2D eigenvalue weighted by molar-refractivity contribution is 0.374. The number of nitrogens with zero attached hydrogens (tertiary/aromatic N) is 2. The molecule has 1 aliphatic rings. The van der Waals surface area contributed by atoms with Crippen LogP contribution in [0.1, 0.15) is 17.0 Å². The van der Waals surface area contributed by atoms with E-state index in [1.807, 2.05) is 6.07 Å². The van der Waals surface area contributed by atoms with Gasteiger partial charge in [0.1, 0.15) is 23.3 Å². The zero-order valence-corrected chi connectivity index (χ0v) is 11.1. The largest absolute Gasteiger partial charge is 0.422 e. The molecule has 1 aromatic carbocycles. The number of fused-ring (bicyclic) bond motifs is 1. The number of nitriles is 1. The second kappa shape index (κ2) is 4.89. The average molecular weight is 299 g/mol. The molecule has 1 unspecified atom stereocenters. The van der Waals surface area contributed by atoms with Crippen molar-refractivity contribution in [3.8, 4) is 11.9 Å². The zero-order chi connectivity index (χ0) is 15.9. The zero-order valence-electron chi connectivity index (χ0n) is 11.1. The maximum Gasteiger partial charge on any atom is 0.349 e. The van der Waals surface area contributed by atoms with Crippen LogP contribution in [-0.2, 0) is 0 Å². The number of nitrogens with two attached hydrogens (primary N) is 2. The number of H-pyrrole nitrogens is 1. The summed E-state index contributed by atoms with van der Waals surface area (Å²) in [5.74, 6) is -1.86. The lowest BCUT2D eigenvalue weighted by Gasteiger charge is -2.26. The minimum absolute atomic E-state index is 0.00171. The first kappa shape index (κ1) is 13.6. The van der Waals surface area contributed by atoms with Gasteiger partial charge in [-0.1, -0.05) is 18.2 Å². The summed E-state index contributed by atoms with van der Waals surface area (Å²) in [7, 11) is 0. The minimum Gasteiger partial charge on any atom is -0.422 e. The molecule has 3 rings (SSSR count). The number of ether oxygens (including phenoxy) is 1. The number of hydrogen-bond acceptors (Lipinski definition) is 6. The van der Waals surface area contributed by atoms with Gasteiger partial charge in [-0.05, 0) is 6.07 Å². The van der Waals surface area contributed by atoms with E-state index in [1.54, 1.807) is 6.07 Å². The minimum atomic E-state index is -0.903. The van der Waals surface area contributed by atoms with Crippen LogP contribution in [0.5, 0.6) is 5.88 Å². The molecule has 110 valence electrons. The third kappa shape index (κ3) is 1.96. The van der Waals surface area contributed by atoms with Gasteiger partial charge < -0.3 is 16.2 Å². The van der Waals surface area contributed by atoms with Crippen molar-refractivity contribution >= 4 is 5.82 Å². The van der Waals surface area contributed by atoms with Crippen molar-refractivity contribution in [2.75, 3.05) is 5.73 Å². The Morgan fingerprint density at radius 1 is 1.36 bits per heavy atom. The van der Waals surface area contributed by atoms with Gasteiger partial charge in [-0.3, -0.25) is 4.98 Å². The molecule has 0 saturated carbocycles. The van der Waals surface area contributed by atoms with Gasteiger partial charge in [0, 0.05) is 5.56 Å². The highest BCUT2D eigenvalue weighted by Gasteiger charge is 2.35. The molecule has 0 fully saturated rings. The fourth-order valence-electron chi connectivity index (χ4n) is 2.42. The predicted molar refractivity (Wildman–Crippen MR) is 75.0 cm³/mol. The van der Waals surface area contributed by atoms with E-state index in [-0.39, 0.29) is 34.3 Å². The van der Waals surface area contributed by atoms with Crippen molar-refractivity contribution in [2.45, 2.75) is 5.92 Å². The molecule has 7 nitrogen and oxygen atoms in total. The second-order valence-corrected chi connectivity index (χ2v) is 4.62. The van der Waals surface area contributed by atoms with Crippen molar-refractivity contribution < 1.29 is 9.13 Å². The van der Waals surface area contributed by atoms with Crippen LogP contribution in [0.3, 0.4) is 0 Å². The van der Waals surface area contributed by atoms with Gasteiger partial charge in [-0.15, -0.1) is 0 Å². The molecule has 0 amide bonds. The Morgan fingerprint density at radius 2 is 2.09 bits per heavy atom. The summed E-state index contributed by atoms with van der Waals surface area (Å²) in [4.78, 5) is 17.4. The summed E-state index contributed by atoms with van der Waals surface area (Å²) in [5, 5.41) is 9.33. The quantitative estimate of drug-likeness (QED) is 0.710. The highest BCUT2D eigenvalue weighted by molar-refractivity contribution is 5.60. The van der Waals surface area contributed by atoms with E-state index in [0.717, 1.165) is 0 Å². The fraction of sp³-hybridized carbons (Fsp3) is 0.0714. The standard InChI is InChI=1S/C14H10FN5O2/c15-8-4-2-1-3-6(8)9-7(5-16)12(18)22-13-10(9)11(17)19-14(21)20-13/h1-4,9H,18H2,(H3,17,19,20,21). The van der Waals surface area contributed by atoms with Crippen LogP contribution < -0.4 is 21.9 Å². The van der Waals surface area contributed by atoms with Gasteiger partial charge in [-0.2, -0.15) is 10.2 Å². The monoisotopic (exact) mass is 299 g/mol. The number of aromatic amines is 1. The van der Waals surface area contributed by atoms with E-state index in [2.05, 4.69) is 9.97 Å². The maximum atomic E-state index is 14.2. The molecule has 22 heavy (non-hydrogen) atoms. The Hall–Kier alpha value is -3.34. The second-order valence-electron chi connectivity index (χ2n) is 4.62. The van der Waals surface area contributed by atoms with Crippen LogP contribution in [0.25, 0.3) is 0 Å². The SMILES string of the molecule is N#CC1=C(N)Oc2nc(=O)[nH]c(N)c2C1c1ccccc1F. The summed E-state index contributed by atoms with van der Waals surface area (Å²) < 4.78 is 19.4. The number of nitrogen functional groups attached to an aromatic ring is 1. The highest BCUT2D eigenvalue weighted by Crippen LogP contribution is 2.43. The molecule has 0 bridgehead atoms. The van der Waals surface area contributed by atoms with Crippen LogP contribution in [0.15, 0.2) is 40.5 Å². The molecule has 2 heterocycles. The molecule has 1 atom stereocenters. The average Bonchev–Trinajstić information content (AvgIpc) is 2.46. The van der Waals surface area contributed by atoms with Gasteiger partial charge in [0.25, 0.3) is 0 Å². The highest BCUT2D eigenvalue weighted by atomic mass is 19.1. The fourth-order valence-corrected chi connectivity index (χ4v) is 2.42. The molecule has 0 spiro atoms. The van der Waals surface area contributed by atoms with E-state index < -0.39 is 17.4 Å². The molecule has 5 N–H and O–H groups in total. The molecule has 8 heteroatoms. The lowest BCUT2D eigenvalue weighted by atomic mass is 9.84. The molecule has 1 aromatic heterocycles. The summed E-state index contributed by atoms with van der Waals surface area (Å²) in [5.41, 5.74) is 11.2. The van der Waals surface area contributed by atoms with Crippen molar-refractivity contribution in [3.63, 3.8) is 0 Å². The lowest BCUT2D eigenvalue weighted by Crippen LogP contribution is -2.27. The number of nitrogens with one attached hydrogen (secondary N) is 1. The Labute approximate surface area is 123 Å². The van der Waals surface area contributed by atoms with Crippen LogP contribution in [0.4, 0.5) is 10.2 Å². The molecule has 0 saturated heterocycles.